The van der Waals surface area contributed by atoms with Crippen molar-refractivity contribution in [2.24, 2.45) is 0 Å². The van der Waals surface area contributed by atoms with Crippen molar-refractivity contribution in [2.75, 3.05) is 70.1 Å². The summed E-state index contributed by atoms with van der Waals surface area (Å²) < 4.78 is 16.3. The normalized spacial score (nSPS) is 13.8. The molecular formula is C24H31N7O5S. The SMILES string of the molecule is COc1cc(CNc2cc(N3CCN(C)CC3)nc(Nc3nc(C)c(C(=O)O)s3)n2)cc(OC)c1OC. The van der Waals surface area contributed by atoms with Crippen molar-refractivity contribution in [1.29, 1.82) is 0 Å². The number of piperazine rings is 1. The van der Waals surface area contributed by atoms with Gasteiger partial charge in [-0.05, 0) is 31.7 Å². The summed E-state index contributed by atoms with van der Waals surface area (Å²) >= 11 is 1.05. The van der Waals surface area contributed by atoms with Crippen LogP contribution in [0.1, 0.15) is 20.9 Å². The second kappa shape index (κ2) is 11.5. The highest BCUT2D eigenvalue weighted by molar-refractivity contribution is 7.17. The maximum Gasteiger partial charge on any atom is 0.347 e. The fourth-order valence-corrected chi connectivity index (χ4v) is 4.75. The van der Waals surface area contributed by atoms with Crippen LogP contribution in [-0.2, 0) is 6.54 Å². The van der Waals surface area contributed by atoms with E-state index in [-0.39, 0.29) is 4.88 Å². The third kappa shape index (κ3) is 6.12. The van der Waals surface area contributed by atoms with Crippen LogP contribution in [0.3, 0.4) is 0 Å². The van der Waals surface area contributed by atoms with E-state index in [1.165, 1.54) is 0 Å². The molecule has 3 N–H and O–H groups in total. The topological polar surface area (TPSA) is 134 Å². The molecule has 0 amide bonds. The van der Waals surface area contributed by atoms with Gasteiger partial charge >= 0.3 is 5.97 Å². The molecule has 1 saturated heterocycles. The Morgan fingerprint density at radius 3 is 2.27 bits per heavy atom. The molecule has 4 rings (SSSR count). The molecule has 2 aromatic heterocycles. The summed E-state index contributed by atoms with van der Waals surface area (Å²) in [6.45, 7) is 5.62. The lowest BCUT2D eigenvalue weighted by Crippen LogP contribution is -2.44. The van der Waals surface area contributed by atoms with Gasteiger partial charge in [-0.2, -0.15) is 9.97 Å². The zero-order valence-electron chi connectivity index (χ0n) is 21.5. The van der Waals surface area contributed by atoms with Gasteiger partial charge < -0.3 is 34.4 Å². The average Bonchev–Trinajstić information content (AvgIpc) is 3.26. The molecule has 3 heterocycles. The zero-order chi connectivity index (χ0) is 26.5. The maximum absolute atomic E-state index is 11.4. The Hall–Kier alpha value is -3.84. The van der Waals surface area contributed by atoms with E-state index in [1.807, 2.05) is 18.2 Å². The van der Waals surface area contributed by atoms with Gasteiger partial charge in [-0.25, -0.2) is 9.78 Å². The van der Waals surface area contributed by atoms with E-state index in [9.17, 15) is 9.90 Å². The van der Waals surface area contributed by atoms with Gasteiger partial charge in [0.2, 0.25) is 11.7 Å². The molecular weight excluding hydrogens is 498 g/mol. The van der Waals surface area contributed by atoms with Gasteiger partial charge in [-0.3, -0.25) is 5.32 Å². The van der Waals surface area contributed by atoms with Crippen molar-refractivity contribution in [3.8, 4) is 17.2 Å². The number of ether oxygens (including phenoxy) is 3. The van der Waals surface area contributed by atoms with Gasteiger partial charge in [0.05, 0.1) is 27.0 Å². The number of likely N-dealkylation sites (N-methyl/N-ethyl adjacent to an activating group) is 1. The van der Waals surface area contributed by atoms with Crippen LogP contribution in [0.4, 0.5) is 22.7 Å². The van der Waals surface area contributed by atoms with Crippen LogP contribution in [0.5, 0.6) is 17.2 Å². The standard InChI is InChI=1S/C24H31N7O5S/c1-14-21(22(32)33)37-24(26-14)29-23-27-18(12-19(28-23)31-8-6-30(2)7-9-31)25-13-15-10-16(34-3)20(36-5)17(11-15)35-4/h10-12H,6-9,13H2,1-5H3,(H,32,33)(H2,25,26,27,28,29). The van der Waals surface area contributed by atoms with Crippen LogP contribution >= 0.6 is 11.3 Å². The number of aryl methyl sites for hydroxylation is 1. The number of benzene rings is 1. The Morgan fingerprint density at radius 2 is 1.70 bits per heavy atom. The average molecular weight is 530 g/mol. The van der Waals surface area contributed by atoms with Crippen LogP contribution in [0.25, 0.3) is 0 Å². The number of carboxylic acids is 1. The molecule has 12 nitrogen and oxygen atoms in total. The smallest absolute Gasteiger partial charge is 0.347 e. The Bertz CT molecular complexity index is 1240. The van der Waals surface area contributed by atoms with Crippen LogP contribution in [0.15, 0.2) is 18.2 Å². The van der Waals surface area contributed by atoms with E-state index in [0.29, 0.717) is 46.4 Å². The highest BCUT2D eigenvalue weighted by atomic mass is 32.1. The maximum atomic E-state index is 11.4. The Kier molecular flexibility index (Phi) is 8.14. The summed E-state index contributed by atoms with van der Waals surface area (Å²) in [5.74, 6) is 2.35. The number of aromatic carboxylic acids is 1. The highest BCUT2D eigenvalue weighted by Gasteiger charge is 2.20. The number of nitrogens with zero attached hydrogens (tertiary/aromatic N) is 5. The third-order valence-corrected chi connectivity index (χ3v) is 7.01. The third-order valence-electron chi connectivity index (χ3n) is 5.95. The number of hydrogen-bond donors (Lipinski definition) is 3. The number of nitrogens with one attached hydrogen (secondary N) is 2. The number of methoxy groups -OCH3 is 3. The fraction of sp³-hybridized carbons (Fsp3) is 0.417. The second-order valence-corrected chi connectivity index (χ2v) is 9.48. The quantitative estimate of drug-likeness (QED) is 0.356. The molecule has 3 aromatic rings. The van der Waals surface area contributed by atoms with Crippen LogP contribution < -0.4 is 29.7 Å². The number of thiazole rings is 1. The minimum atomic E-state index is -1.01. The van der Waals surface area contributed by atoms with Gasteiger partial charge in [-0.1, -0.05) is 11.3 Å². The Morgan fingerprint density at radius 1 is 1.03 bits per heavy atom. The monoisotopic (exact) mass is 529 g/mol. The highest BCUT2D eigenvalue weighted by Crippen LogP contribution is 2.38. The van der Waals surface area contributed by atoms with E-state index in [4.69, 9.17) is 19.2 Å². The fourth-order valence-electron chi connectivity index (χ4n) is 3.95. The largest absolute Gasteiger partial charge is 0.493 e. The summed E-state index contributed by atoms with van der Waals surface area (Å²) in [6, 6.07) is 5.66. The first kappa shape index (κ1) is 26.2. The van der Waals surface area contributed by atoms with Crippen molar-refractivity contribution in [3.05, 3.63) is 34.3 Å². The first-order valence-electron chi connectivity index (χ1n) is 11.6. The first-order chi connectivity index (χ1) is 17.8. The van der Waals surface area contributed by atoms with Crippen molar-refractivity contribution < 1.29 is 24.1 Å². The molecule has 0 bridgehead atoms. The van der Waals surface area contributed by atoms with Gasteiger partial charge in [0.15, 0.2) is 16.6 Å². The lowest BCUT2D eigenvalue weighted by Gasteiger charge is -2.33. The predicted molar refractivity (Wildman–Crippen MR) is 142 cm³/mol. The van der Waals surface area contributed by atoms with Crippen molar-refractivity contribution in [2.45, 2.75) is 13.5 Å². The lowest BCUT2D eigenvalue weighted by atomic mass is 10.1. The summed E-state index contributed by atoms with van der Waals surface area (Å²) in [5.41, 5.74) is 1.35. The summed E-state index contributed by atoms with van der Waals surface area (Å²) in [7, 11) is 6.82. The molecule has 1 aliphatic rings. The zero-order valence-corrected chi connectivity index (χ0v) is 22.3. The molecule has 0 atom stereocenters. The molecule has 0 saturated carbocycles. The molecule has 1 aliphatic heterocycles. The molecule has 198 valence electrons. The predicted octanol–water partition coefficient (Wildman–Crippen LogP) is 3.07. The first-order valence-corrected chi connectivity index (χ1v) is 12.5. The summed E-state index contributed by atoms with van der Waals surface area (Å²) in [5, 5.41) is 16.2. The minimum absolute atomic E-state index is 0.179. The molecule has 0 aliphatic carbocycles. The summed E-state index contributed by atoms with van der Waals surface area (Å²) in [6.07, 6.45) is 0. The number of carbonyl (C=O) groups is 1. The minimum Gasteiger partial charge on any atom is -0.493 e. The Balaban J connectivity index is 1.61. The van der Waals surface area contributed by atoms with Crippen molar-refractivity contribution in [3.63, 3.8) is 0 Å². The van der Waals surface area contributed by atoms with Crippen molar-refractivity contribution in [1.82, 2.24) is 19.9 Å². The van der Waals surface area contributed by atoms with E-state index < -0.39 is 5.97 Å². The number of rotatable bonds is 10. The van der Waals surface area contributed by atoms with E-state index >= 15 is 0 Å². The number of anilines is 4. The number of hydrogen-bond acceptors (Lipinski definition) is 12. The molecule has 37 heavy (non-hydrogen) atoms. The van der Waals surface area contributed by atoms with E-state index in [1.54, 1.807) is 28.3 Å². The van der Waals surface area contributed by atoms with Crippen LogP contribution in [-0.4, -0.2) is 85.5 Å². The van der Waals surface area contributed by atoms with Crippen LogP contribution in [0, 0.1) is 6.92 Å². The van der Waals surface area contributed by atoms with Gasteiger partial charge in [-0.15, -0.1) is 0 Å². The van der Waals surface area contributed by atoms with Gasteiger partial charge in [0.1, 0.15) is 16.5 Å². The molecule has 1 fully saturated rings. The Labute approximate surface area is 219 Å². The number of carboxylic acid groups (broad SMARTS) is 1. The molecule has 0 unspecified atom stereocenters. The van der Waals surface area contributed by atoms with E-state index in [0.717, 1.165) is 48.9 Å². The van der Waals surface area contributed by atoms with Gasteiger partial charge in [0.25, 0.3) is 0 Å². The molecule has 0 radical (unpaired) electrons. The summed E-state index contributed by atoms with van der Waals surface area (Å²) in [4.78, 5) is 29.7. The molecule has 13 heteroatoms. The lowest BCUT2D eigenvalue weighted by molar-refractivity contribution is 0.0701. The number of aromatic nitrogens is 3. The molecule has 0 spiro atoms. The van der Waals surface area contributed by atoms with E-state index in [2.05, 4.69) is 37.4 Å². The molecule has 1 aromatic carbocycles. The second-order valence-electron chi connectivity index (χ2n) is 8.48. The van der Waals surface area contributed by atoms with Gasteiger partial charge in [0, 0.05) is 38.8 Å². The van der Waals surface area contributed by atoms with Crippen LogP contribution in [0.2, 0.25) is 0 Å². The van der Waals surface area contributed by atoms with Crippen molar-refractivity contribution >= 4 is 40.0 Å².